The molecule has 0 saturated heterocycles. The number of amides is 1. The molecule has 112 valence electrons. The van der Waals surface area contributed by atoms with Crippen LogP contribution in [0, 0.1) is 6.92 Å². The van der Waals surface area contributed by atoms with E-state index in [1.807, 2.05) is 24.4 Å². The topological polar surface area (TPSA) is 59.2 Å². The Labute approximate surface area is 133 Å². The molecule has 0 aliphatic rings. The van der Waals surface area contributed by atoms with Gasteiger partial charge >= 0.3 is 0 Å². The lowest BCUT2D eigenvalue weighted by Gasteiger charge is -2.07. The van der Waals surface area contributed by atoms with Crippen LogP contribution in [0.25, 0.3) is 0 Å². The van der Waals surface area contributed by atoms with Crippen molar-refractivity contribution in [1.29, 1.82) is 0 Å². The van der Waals surface area contributed by atoms with Gasteiger partial charge in [-0.2, -0.15) is 0 Å². The standard InChI is InChI=1S/C15H19N3OS2/c1-10-4-5-13(12(16)6-10)20-8-11-9-21-14(17-11)7-15(19)18(2)3/h4-6,9H,7-8,16H2,1-3H3. The van der Waals surface area contributed by atoms with Crippen molar-refractivity contribution in [2.75, 3.05) is 19.8 Å². The molecular weight excluding hydrogens is 302 g/mol. The van der Waals surface area contributed by atoms with Crippen LogP contribution in [-0.4, -0.2) is 29.9 Å². The number of hydrogen-bond donors (Lipinski definition) is 1. The molecule has 0 bridgehead atoms. The molecule has 0 fully saturated rings. The molecule has 1 amide bonds. The number of likely N-dealkylation sites (N-methyl/N-ethyl adjacent to an activating group) is 1. The van der Waals surface area contributed by atoms with Crippen LogP contribution in [0.3, 0.4) is 0 Å². The van der Waals surface area contributed by atoms with E-state index in [1.165, 1.54) is 11.3 Å². The third-order valence-corrected chi connectivity index (χ3v) is 4.96. The zero-order chi connectivity index (χ0) is 15.4. The van der Waals surface area contributed by atoms with Crippen LogP contribution in [0.2, 0.25) is 0 Å². The Hall–Kier alpha value is -1.53. The summed E-state index contributed by atoms with van der Waals surface area (Å²) < 4.78 is 0. The number of thiazole rings is 1. The number of benzene rings is 1. The lowest BCUT2D eigenvalue weighted by Crippen LogP contribution is -2.23. The largest absolute Gasteiger partial charge is 0.398 e. The lowest BCUT2D eigenvalue weighted by molar-refractivity contribution is -0.127. The van der Waals surface area contributed by atoms with Crippen molar-refractivity contribution >= 4 is 34.7 Å². The number of thioether (sulfide) groups is 1. The smallest absolute Gasteiger partial charge is 0.228 e. The second-order valence-electron chi connectivity index (χ2n) is 5.03. The second kappa shape index (κ2) is 6.95. The first kappa shape index (κ1) is 15.9. The van der Waals surface area contributed by atoms with Gasteiger partial charge in [0, 0.05) is 35.8 Å². The first-order chi connectivity index (χ1) is 9.95. The number of aromatic nitrogens is 1. The fourth-order valence-corrected chi connectivity index (χ4v) is 3.47. The molecule has 1 aromatic heterocycles. The molecule has 21 heavy (non-hydrogen) atoms. The van der Waals surface area contributed by atoms with Gasteiger partial charge in [-0.1, -0.05) is 6.07 Å². The summed E-state index contributed by atoms with van der Waals surface area (Å²) in [6.45, 7) is 2.03. The van der Waals surface area contributed by atoms with Crippen LogP contribution in [0.5, 0.6) is 0 Å². The highest BCUT2D eigenvalue weighted by Gasteiger charge is 2.10. The summed E-state index contributed by atoms with van der Waals surface area (Å²) in [6.07, 6.45) is 0.370. The highest BCUT2D eigenvalue weighted by atomic mass is 32.2. The Kier molecular flexibility index (Phi) is 5.25. The minimum Gasteiger partial charge on any atom is -0.398 e. The average molecular weight is 321 g/mol. The normalized spacial score (nSPS) is 10.6. The van der Waals surface area contributed by atoms with Gasteiger partial charge in [0.2, 0.25) is 5.91 Å². The minimum atomic E-state index is 0.0753. The van der Waals surface area contributed by atoms with Gasteiger partial charge in [0.05, 0.1) is 12.1 Å². The predicted molar refractivity (Wildman–Crippen MR) is 89.7 cm³/mol. The quantitative estimate of drug-likeness (QED) is 0.679. The van der Waals surface area contributed by atoms with E-state index in [0.717, 1.165) is 32.6 Å². The SMILES string of the molecule is Cc1ccc(SCc2csc(CC(=O)N(C)C)n2)c(N)c1. The van der Waals surface area contributed by atoms with Gasteiger partial charge in [0.25, 0.3) is 0 Å². The number of carbonyl (C=O) groups excluding carboxylic acids is 1. The van der Waals surface area contributed by atoms with Gasteiger partial charge in [-0.05, 0) is 24.6 Å². The molecule has 6 heteroatoms. The van der Waals surface area contributed by atoms with E-state index in [1.54, 1.807) is 30.8 Å². The number of rotatable bonds is 5. The van der Waals surface area contributed by atoms with Crippen molar-refractivity contribution in [2.45, 2.75) is 24.0 Å². The maximum Gasteiger partial charge on any atom is 0.228 e. The molecule has 0 saturated carbocycles. The molecule has 1 aromatic carbocycles. The summed E-state index contributed by atoms with van der Waals surface area (Å²) in [6, 6.07) is 6.07. The van der Waals surface area contributed by atoms with Gasteiger partial charge in [0.15, 0.2) is 0 Å². The number of anilines is 1. The summed E-state index contributed by atoms with van der Waals surface area (Å²) in [5.41, 5.74) is 8.96. The van der Waals surface area contributed by atoms with Crippen molar-refractivity contribution in [3.8, 4) is 0 Å². The summed E-state index contributed by atoms with van der Waals surface area (Å²) in [4.78, 5) is 18.8. The van der Waals surface area contributed by atoms with E-state index in [4.69, 9.17) is 5.73 Å². The summed E-state index contributed by atoms with van der Waals surface area (Å²) >= 11 is 3.21. The highest BCUT2D eigenvalue weighted by molar-refractivity contribution is 7.98. The molecule has 0 unspecified atom stereocenters. The maximum absolute atomic E-state index is 11.6. The van der Waals surface area contributed by atoms with E-state index in [-0.39, 0.29) is 5.91 Å². The number of carbonyl (C=O) groups is 1. The maximum atomic E-state index is 11.6. The number of nitrogens with two attached hydrogens (primary N) is 1. The zero-order valence-corrected chi connectivity index (χ0v) is 14.1. The molecule has 2 aromatic rings. The Balaban J connectivity index is 1.95. The van der Waals surface area contributed by atoms with Crippen molar-refractivity contribution in [3.05, 3.63) is 39.8 Å². The van der Waals surface area contributed by atoms with Gasteiger partial charge in [-0.25, -0.2) is 4.98 Å². The predicted octanol–water partition coefficient (Wildman–Crippen LogP) is 2.96. The number of aryl methyl sites for hydroxylation is 1. The van der Waals surface area contributed by atoms with Gasteiger partial charge < -0.3 is 10.6 Å². The van der Waals surface area contributed by atoms with Crippen LogP contribution in [0.1, 0.15) is 16.3 Å². The van der Waals surface area contributed by atoms with E-state index in [9.17, 15) is 4.79 Å². The van der Waals surface area contributed by atoms with Crippen molar-refractivity contribution in [1.82, 2.24) is 9.88 Å². The van der Waals surface area contributed by atoms with E-state index < -0.39 is 0 Å². The zero-order valence-electron chi connectivity index (χ0n) is 12.4. The van der Waals surface area contributed by atoms with Crippen molar-refractivity contribution < 1.29 is 4.79 Å². The van der Waals surface area contributed by atoms with Gasteiger partial charge in [0.1, 0.15) is 5.01 Å². The molecule has 0 spiro atoms. The van der Waals surface area contributed by atoms with E-state index >= 15 is 0 Å². The number of hydrogen-bond acceptors (Lipinski definition) is 5. The molecule has 2 N–H and O–H groups in total. The van der Waals surface area contributed by atoms with Gasteiger partial charge in [-0.15, -0.1) is 23.1 Å². The first-order valence-corrected chi connectivity index (χ1v) is 8.44. The van der Waals surface area contributed by atoms with Crippen LogP contribution < -0.4 is 5.73 Å². The van der Waals surface area contributed by atoms with Crippen LogP contribution in [0.4, 0.5) is 5.69 Å². The summed E-state index contributed by atoms with van der Waals surface area (Å²) in [7, 11) is 3.51. The molecule has 4 nitrogen and oxygen atoms in total. The first-order valence-electron chi connectivity index (χ1n) is 6.58. The Morgan fingerprint density at radius 1 is 1.43 bits per heavy atom. The van der Waals surface area contributed by atoms with Gasteiger partial charge in [-0.3, -0.25) is 4.79 Å². The van der Waals surface area contributed by atoms with E-state index in [2.05, 4.69) is 11.1 Å². The molecule has 0 aliphatic carbocycles. The average Bonchev–Trinajstić information content (AvgIpc) is 2.85. The minimum absolute atomic E-state index is 0.0753. The Morgan fingerprint density at radius 2 is 2.19 bits per heavy atom. The fourth-order valence-electron chi connectivity index (χ4n) is 1.73. The Morgan fingerprint density at radius 3 is 2.86 bits per heavy atom. The Bertz CT molecular complexity index is 638. The summed E-state index contributed by atoms with van der Waals surface area (Å²) in [5.74, 6) is 0.839. The van der Waals surface area contributed by atoms with Crippen LogP contribution in [0.15, 0.2) is 28.5 Å². The molecule has 0 aliphatic heterocycles. The summed E-state index contributed by atoms with van der Waals surface area (Å²) in [5, 5.41) is 2.87. The fraction of sp³-hybridized carbons (Fsp3) is 0.333. The van der Waals surface area contributed by atoms with Crippen LogP contribution >= 0.6 is 23.1 Å². The van der Waals surface area contributed by atoms with Crippen molar-refractivity contribution in [3.63, 3.8) is 0 Å². The lowest BCUT2D eigenvalue weighted by atomic mass is 10.2. The molecule has 2 rings (SSSR count). The molecule has 0 atom stereocenters. The third kappa shape index (κ3) is 4.47. The van der Waals surface area contributed by atoms with Crippen molar-refractivity contribution in [2.24, 2.45) is 0 Å². The highest BCUT2D eigenvalue weighted by Crippen LogP contribution is 2.29. The molecule has 0 radical (unpaired) electrons. The second-order valence-corrected chi connectivity index (χ2v) is 6.99. The third-order valence-electron chi connectivity index (χ3n) is 2.94. The number of nitrogens with zero attached hydrogens (tertiary/aromatic N) is 2. The molecular formula is C15H19N3OS2. The number of nitrogen functional groups attached to an aromatic ring is 1. The van der Waals surface area contributed by atoms with Crippen LogP contribution in [-0.2, 0) is 17.0 Å². The van der Waals surface area contributed by atoms with E-state index in [0.29, 0.717) is 6.42 Å². The monoisotopic (exact) mass is 321 g/mol. The molecule has 1 heterocycles.